The Balaban J connectivity index is 1.65. The number of halogens is 2. The van der Waals surface area contributed by atoms with Gasteiger partial charge in [-0.3, -0.25) is 24.1 Å². The van der Waals surface area contributed by atoms with Crippen LogP contribution in [-0.2, 0) is 23.9 Å². The van der Waals surface area contributed by atoms with Gasteiger partial charge in [-0.05, 0) is 36.5 Å². The summed E-state index contributed by atoms with van der Waals surface area (Å²) in [5.41, 5.74) is 1.07. The standard InChI is InChI=1S/C27H26Cl2N2O9/c1-30-23(35)26(28)11-15-13(6-7-14-19(15)22(34)31(21(14)33)25(37)40-4)16(27(26,29)24(30)36)8-5-12-9-17(38-2)20(32)18(10-12)39-3/h5-6,8-10,14-16,19,32H,7,11H2,1-4H3. The molecule has 5 rings (SSSR count). The third kappa shape index (κ3) is 3.53. The molecule has 2 heterocycles. The highest BCUT2D eigenvalue weighted by Crippen LogP contribution is 2.63. The minimum atomic E-state index is -1.94. The number of phenolic OH excluding ortho intramolecular Hbond substituents is 1. The van der Waals surface area contributed by atoms with Gasteiger partial charge in [-0.25, -0.2) is 4.79 Å². The van der Waals surface area contributed by atoms with Crippen LogP contribution in [0.2, 0.25) is 0 Å². The lowest BCUT2D eigenvalue weighted by Gasteiger charge is -2.49. The minimum Gasteiger partial charge on any atom is -0.502 e. The molecule has 6 atom stereocenters. The summed E-state index contributed by atoms with van der Waals surface area (Å²) in [7, 11) is 5.11. The van der Waals surface area contributed by atoms with Gasteiger partial charge in [-0.1, -0.05) is 23.8 Å². The van der Waals surface area contributed by atoms with Gasteiger partial charge in [0.25, 0.3) is 11.8 Å². The number of rotatable bonds is 4. The fraction of sp³-hybridized carbons (Fsp3) is 0.444. The van der Waals surface area contributed by atoms with Crippen LogP contribution in [0.4, 0.5) is 4.79 Å². The lowest BCUT2D eigenvalue weighted by molar-refractivity contribution is -0.139. The third-order valence-electron chi connectivity index (χ3n) is 8.41. The topological polar surface area (TPSA) is 140 Å². The molecule has 2 aliphatic carbocycles. The monoisotopic (exact) mass is 592 g/mol. The third-order valence-corrected chi connectivity index (χ3v) is 9.84. The summed E-state index contributed by atoms with van der Waals surface area (Å²) >= 11 is 14.1. The van der Waals surface area contributed by atoms with Crippen LogP contribution < -0.4 is 9.47 Å². The van der Waals surface area contributed by atoms with E-state index >= 15 is 0 Å². The highest BCUT2D eigenvalue weighted by molar-refractivity contribution is 6.53. The van der Waals surface area contributed by atoms with Crippen LogP contribution in [0.5, 0.6) is 17.2 Å². The molecule has 0 radical (unpaired) electrons. The smallest absolute Gasteiger partial charge is 0.423 e. The van der Waals surface area contributed by atoms with Gasteiger partial charge in [0.15, 0.2) is 21.2 Å². The Labute approximate surface area is 239 Å². The zero-order chi connectivity index (χ0) is 29.3. The van der Waals surface area contributed by atoms with Gasteiger partial charge in [0.05, 0.1) is 33.2 Å². The summed E-state index contributed by atoms with van der Waals surface area (Å²) in [6, 6.07) is 3.08. The first-order valence-electron chi connectivity index (χ1n) is 12.4. The van der Waals surface area contributed by atoms with Crippen LogP contribution in [0.1, 0.15) is 18.4 Å². The Bertz CT molecular complexity index is 1400. The van der Waals surface area contributed by atoms with Crippen LogP contribution >= 0.6 is 23.2 Å². The Morgan fingerprint density at radius 1 is 1.02 bits per heavy atom. The van der Waals surface area contributed by atoms with E-state index < -0.39 is 63.1 Å². The van der Waals surface area contributed by atoms with Crippen molar-refractivity contribution in [1.29, 1.82) is 0 Å². The maximum Gasteiger partial charge on any atom is 0.423 e. The van der Waals surface area contributed by atoms with Crippen LogP contribution in [0.15, 0.2) is 29.9 Å². The lowest BCUT2D eigenvalue weighted by Crippen LogP contribution is -2.60. The summed E-state index contributed by atoms with van der Waals surface area (Å²) in [6.07, 6.45) is 3.79. The molecule has 40 heavy (non-hydrogen) atoms. The van der Waals surface area contributed by atoms with Gasteiger partial charge < -0.3 is 19.3 Å². The predicted molar refractivity (Wildman–Crippen MR) is 141 cm³/mol. The number of hydrogen-bond donors (Lipinski definition) is 1. The van der Waals surface area contributed by atoms with Gasteiger partial charge in [-0.15, -0.1) is 23.2 Å². The zero-order valence-corrected chi connectivity index (χ0v) is 23.5. The number of carbonyl (C=O) groups is 5. The second kappa shape index (κ2) is 9.52. The van der Waals surface area contributed by atoms with Crippen LogP contribution in [0.25, 0.3) is 6.08 Å². The van der Waals surface area contributed by atoms with E-state index in [4.69, 9.17) is 32.7 Å². The molecule has 212 valence electrons. The summed E-state index contributed by atoms with van der Waals surface area (Å²) in [6.45, 7) is 0. The number of nitrogens with zero attached hydrogens (tertiary/aromatic N) is 2. The van der Waals surface area contributed by atoms with E-state index in [1.165, 1.54) is 33.4 Å². The maximum atomic E-state index is 13.5. The quantitative estimate of drug-likeness (QED) is 0.317. The molecule has 6 unspecified atom stereocenters. The molecule has 13 heteroatoms. The highest BCUT2D eigenvalue weighted by atomic mass is 35.5. The number of carbonyl (C=O) groups excluding carboxylic acids is 5. The molecule has 2 aliphatic heterocycles. The summed E-state index contributed by atoms with van der Waals surface area (Å²) in [5, 5.41) is 10.3. The number of ether oxygens (including phenoxy) is 3. The molecule has 1 N–H and O–H groups in total. The van der Waals surface area contributed by atoms with Crippen molar-refractivity contribution in [3.05, 3.63) is 35.4 Å². The second-order valence-corrected chi connectivity index (χ2v) is 11.4. The minimum absolute atomic E-state index is 0.111. The van der Waals surface area contributed by atoms with Crippen molar-refractivity contribution in [3.63, 3.8) is 0 Å². The van der Waals surface area contributed by atoms with E-state index in [-0.39, 0.29) is 30.1 Å². The maximum absolute atomic E-state index is 13.5. The second-order valence-electron chi connectivity index (χ2n) is 10.2. The van der Waals surface area contributed by atoms with Crippen LogP contribution in [-0.4, -0.2) is 82.8 Å². The number of imide groups is 4. The summed E-state index contributed by atoms with van der Waals surface area (Å²) in [5.74, 6) is -6.39. The SMILES string of the molecule is COC(=O)N1C(=O)C2CC=C3C(CC4(Cl)C(=O)N(C)C(=O)C4(Cl)C3C=Cc3cc(OC)c(O)c(OC)c3)C2C1=O. The fourth-order valence-electron chi connectivity index (χ4n) is 6.48. The van der Waals surface area contributed by atoms with Gasteiger partial charge in [-0.2, -0.15) is 4.90 Å². The number of likely N-dealkylation sites (tertiary alicyclic amines) is 2. The Morgan fingerprint density at radius 3 is 2.23 bits per heavy atom. The number of aromatic hydroxyl groups is 1. The van der Waals surface area contributed by atoms with Crippen molar-refractivity contribution in [2.24, 2.45) is 23.7 Å². The van der Waals surface area contributed by atoms with Crippen molar-refractivity contribution < 1.29 is 43.3 Å². The average Bonchev–Trinajstić information content (AvgIpc) is 3.27. The lowest BCUT2D eigenvalue weighted by atomic mass is 9.57. The zero-order valence-electron chi connectivity index (χ0n) is 22.0. The summed E-state index contributed by atoms with van der Waals surface area (Å²) < 4.78 is 15.1. The first-order valence-corrected chi connectivity index (χ1v) is 13.1. The predicted octanol–water partition coefficient (Wildman–Crippen LogP) is 2.71. The first-order chi connectivity index (χ1) is 18.9. The van der Waals surface area contributed by atoms with E-state index in [1.54, 1.807) is 18.2 Å². The van der Waals surface area contributed by atoms with Crippen LogP contribution in [0.3, 0.4) is 0 Å². The molecule has 0 spiro atoms. The van der Waals surface area contributed by atoms with E-state index in [1.807, 2.05) is 0 Å². The number of alkyl halides is 2. The molecule has 0 bridgehead atoms. The van der Waals surface area contributed by atoms with E-state index in [2.05, 4.69) is 4.74 Å². The first kappa shape index (κ1) is 28.0. The highest BCUT2D eigenvalue weighted by Gasteiger charge is 2.75. The number of methoxy groups -OCH3 is 3. The van der Waals surface area contributed by atoms with Crippen molar-refractivity contribution >= 4 is 59.0 Å². The Kier molecular flexibility index (Phi) is 6.66. The van der Waals surface area contributed by atoms with Gasteiger partial charge in [0.1, 0.15) is 0 Å². The number of allylic oxidation sites excluding steroid dienone is 3. The van der Waals surface area contributed by atoms with E-state index in [0.29, 0.717) is 16.0 Å². The van der Waals surface area contributed by atoms with Gasteiger partial charge in [0, 0.05) is 13.0 Å². The number of hydrogen-bond acceptors (Lipinski definition) is 9. The van der Waals surface area contributed by atoms with Gasteiger partial charge >= 0.3 is 6.09 Å². The number of benzene rings is 1. The Hall–Kier alpha value is -3.57. The fourth-order valence-corrected chi connectivity index (χ4v) is 7.46. The molecule has 4 aliphatic rings. The molecule has 1 aromatic carbocycles. The van der Waals surface area contributed by atoms with E-state index in [0.717, 1.165) is 12.0 Å². The molecule has 1 aromatic rings. The number of amides is 5. The average molecular weight is 593 g/mol. The van der Waals surface area contributed by atoms with Crippen molar-refractivity contribution in [1.82, 2.24) is 9.80 Å². The van der Waals surface area contributed by atoms with Gasteiger partial charge in [0.2, 0.25) is 17.6 Å². The molecule has 11 nitrogen and oxygen atoms in total. The molecule has 5 amide bonds. The molecular weight excluding hydrogens is 567 g/mol. The molecule has 2 saturated heterocycles. The van der Waals surface area contributed by atoms with Crippen molar-refractivity contribution in [2.45, 2.75) is 22.6 Å². The van der Waals surface area contributed by atoms with Crippen molar-refractivity contribution in [2.75, 3.05) is 28.4 Å². The van der Waals surface area contributed by atoms with Crippen LogP contribution in [0, 0.1) is 23.7 Å². The molecular formula is C27H26Cl2N2O9. The molecule has 0 aromatic heterocycles. The number of phenols is 1. The van der Waals surface area contributed by atoms with E-state index in [9.17, 15) is 29.1 Å². The molecule has 1 saturated carbocycles. The normalized spacial score (nSPS) is 33.1. The Morgan fingerprint density at radius 2 is 1.65 bits per heavy atom. The largest absolute Gasteiger partial charge is 0.502 e. The summed E-state index contributed by atoms with van der Waals surface area (Å²) in [4.78, 5) is 63.1. The number of fused-ring (bicyclic) bond motifs is 4. The molecule has 3 fully saturated rings. The van der Waals surface area contributed by atoms with Crippen molar-refractivity contribution in [3.8, 4) is 17.2 Å².